The fourth-order valence-corrected chi connectivity index (χ4v) is 4.70. The molecule has 10 heteroatoms. The van der Waals surface area contributed by atoms with E-state index in [4.69, 9.17) is 4.52 Å². The summed E-state index contributed by atoms with van der Waals surface area (Å²) in [5.74, 6) is 2.04. The van der Waals surface area contributed by atoms with Crippen molar-refractivity contribution in [2.75, 3.05) is 12.3 Å². The minimum Gasteiger partial charge on any atom is -0.355 e. The lowest BCUT2D eigenvalue weighted by molar-refractivity contribution is -0.118. The van der Waals surface area contributed by atoms with Gasteiger partial charge in [0, 0.05) is 12.1 Å². The molecule has 0 atom stereocenters. The van der Waals surface area contributed by atoms with Crippen molar-refractivity contribution in [2.24, 2.45) is 0 Å². The van der Waals surface area contributed by atoms with E-state index in [0.29, 0.717) is 29.8 Å². The molecule has 142 valence electrons. The number of thioether (sulfide) groups is 2. The van der Waals surface area contributed by atoms with Crippen LogP contribution >= 0.6 is 34.9 Å². The number of hydrogen-bond donors (Lipinski definition) is 1. The van der Waals surface area contributed by atoms with Gasteiger partial charge < -0.3 is 9.84 Å². The summed E-state index contributed by atoms with van der Waals surface area (Å²) in [4.78, 5) is 16.0. The van der Waals surface area contributed by atoms with Gasteiger partial charge in [-0.2, -0.15) is 4.98 Å². The van der Waals surface area contributed by atoms with E-state index in [1.807, 2.05) is 38.1 Å². The van der Waals surface area contributed by atoms with E-state index < -0.39 is 0 Å². The average Bonchev–Trinajstić information content (AvgIpc) is 3.33. The van der Waals surface area contributed by atoms with E-state index in [1.54, 1.807) is 0 Å². The van der Waals surface area contributed by atoms with Crippen LogP contribution in [0.4, 0.5) is 0 Å². The van der Waals surface area contributed by atoms with E-state index in [9.17, 15) is 4.79 Å². The summed E-state index contributed by atoms with van der Waals surface area (Å²) < 4.78 is 6.91. The Morgan fingerprint density at radius 2 is 1.93 bits per heavy atom. The number of amides is 1. The number of nitrogens with zero attached hydrogens (tertiary/aromatic N) is 4. The predicted molar refractivity (Wildman–Crippen MR) is 108 cm³/mol. The second-order valence-electron chi connectivity index (χ2n) is 5.64. The highest BCUT2D eigenvalue weighted by atomic mass is 32.2. The first kappa shape index (κ1) is 19.8. The molecular weight excluding hydrogens is 402 g/mol. The lowest BCUT2D eigenvalue weighted by Crippen LogP contribution is -2.25. The standard InChI is InChI=1S/C17H19N5O2S3/c1-3-8-18-14(23)10-26-17-21-20-16(27-17)25-9-13-19-15(24-22-13)12-6-4-11(2)5-7-12/h4-7H,3,8-10H2,1-2H3,(H,18,23). The van der Waals surface area contributed by atoms with E-state index in [-0.39, 0.29) is 5.91 Å². The number of hydrogen-bond acceptors (Lipinski definition) is 9. The van der Waals surface area contributed by atoms with Crippen LogP contribution in [0.5, 0.6) is 0 Å². The minimum absolute atomic E-state index is 0.0154. The third-order valence-electron chi connectivity index (χ3n) is 3.38. The number of aromatic nitrogens is 4. The molecule has 1 N–H and O–H groups in total. The van der Waals surface area contributed by atoms with Crippen LogP contribution in [0.1, 0.15) is 24.7 Å². The van der Waals surface area contributed by atoms with Crippen molar-refractivity contribution in [3.05, 3.63) is 35.7 Å². The van der Waals surface area contributed by atoms with Crippen LogP contribution in [0.15, 0.2) is 37.5 Å². The third kappa shape index (κ3) is 6.05. The maximum Gasteiger partial charge on any atom is 0.257 e. The fraction of sp³-hybridized carbons (Fsp3) is 0.353. The van der Waals surface area contributed by atoms with Crippen molar-refractivity contribution < 1.29 is 9.32 Å². The van der Waals surface area contributed by atoms with Crippen LogP contribution in [-0.4, -0.2) is 38.5 Å². The number of carbonyl (C=O) groups excluding carboxylic acids is 1. The molecule has 0 spiro atoms. The number of benzene rings is 1. The van der Waals surface area contributed by atoms with Crippen molar-refractivity contribution in [3.8, 4) is 11.5 Å². The molecule has 2 heterocycles. The van der Waals surface area contributed by atoms with Gasteiger partial charge >= 0.3 is 0 Å². The molecule has 3 aromatic rings. The Hall–Kier alpha value is -1.91. The molecule has 0 unspecified atom stereocenters. The Labute approximate surface area is 169 Å². The highest BCUT2D eigenvalue weighted by Gasteiger charge is 2.12. The van der Waals surface area contributed by atoms with Crippen LogP contribution in [0.3, 0.4) is 0 Å². The molecule has 0 aliphatic carbocycles. The highest BCUT2D eigenvalue weighted by molar-refractivity contribution is 8.03. The lowest BCUT2D eigenvalue weighted by Gasteiger charge is -2.00. The molecule has 1 amide bonds. The zero-order valence-corrected chi connectivity index (χ0v) is 17.4. The molecule has 0 aliphatic rings. The number of aryl methyl sites for hydroxylation is 1. The van der Waals surface area contributed by atoms with Gasteiger partial charge in [0.2, 0.25) is 5.91 Å². The van der Waals surface area contributed by atoms with E-state index in [2.05, 4.69) is 25.7 Å². The van der Waals surface area contributed by atoms with Gasteiger partial charge in [-0.1, -0.05) is 64.6 Å². The molecule has 1 aromatic carbocycles. The second-order valence-corrected chi connectivity index (χ2v) is 9.07. The molecule has 27 heavy (non-hydrogen) atoms. The summed E-state index contributed by atoms with van der Waals surface area (Å²) in [6, 6.07) is 7.95. The molecule has 3 rings (SSSR count). The van der Waals surface area contributed by atoms with E-state index in [1.165, 1.54) is 40.4 Å². The van der Waals surface area contributed by atoms with Gasteiger partial charge in [-0.05, 0) is 25.5 Å². The molecule has 7 nitrogen and oxygen atoms in total. The zero-order valence-electron chi connectivity index (χ0n) is 15.0. The van der Waals surface area contributed by atoms with Gasteiger partial charge in [0.1, 0.15) is 0 Å². The normalized spacial score (nSPS) is 10.9. The SMILES string of the molecule is CCCNC(=O)CSc1nnc(SCc2noc(-c3ccc(C)cc3)n2)s1. The third-order valence-corrected chi connectivity index (χ3v) is 6.56. The summed E-state index contributed by atoms with van der Waals surface area (Å²) in [6.07, 6.45) is 0.928. The van der Waals surface area contributed by atoms with Crippen molar-refractivity contribution in [1.82, 2.24) is 25.7 Å². The van der Waals surface area contributed by atoms with Gasteiger partial charge in [0.25, 0.3) is 5.89 Å². The Kier molecular flexibility index (Phi) is 7.25. The predicted octanol–water partition coefficient (Wildman–Crippen LogP) is 3.81. The van der Waals surface area contributed by atoms with Crippen molar-refractivity contribution in [2.45, 2.75) is 34.7 Å². The van der Waals surface area contributed by atoms with Crippen LogP contribution in [-0.2, 0) is 10.5 Å². The van der Waals surface area contributed by atoms with Crippen molar-refractivity contribution >= 4 is 40.8 Å². The smallest absolute Gasteiger partial charge is 0.257 e. The van der Waals surface area contributed by atoms with Gasteiger partial charge in [-0.15, -0.1) is 10.2 Å². The summed E-state index contributed by atoms with van der Waals surface area (Å²) >= 11 is 4.35. The summed E-state index contributed by atoms with van der Waals surface area (Å²) in [7, 11) is 0. The molecule has 0 bridgehead atoms. The number of carbonyl (C=O) groups is 1. The van der Waals surface area contributed by atoms with Crippen LogP contribution in [0.25, 0.3) is 11.5 Å². The number of rotatable bonds is 9. The first-order chi connectivity index (χ1) is 13.1. The van der Waals surface area contributed by atoms with E-state index >= 15 is 0 Å². The second kappa shape index (κ2) is 9.86. The van der Waals surface area contributed by atoms with Crippen molar-refractivity contribution in [1.29, 1.82) is 0 Å². The zero-order chi connectivity index (χ0) is 19.1. The van der Waals surface area contributed by atoms with Gasteiger partial charge in [-0.3, -0.25) is 4.79 Å². The van der Waals surface area contributed by atoms with Crippen molar-refractivity contribution in [3.63, 3.8) is 0 Å². The van der Waals surface area contributed by atoms with Crippen LogP contribution in [0.2, 0.25) is 0 Å². The van der Waals surface area contributed by atoms with Crippen LogP contribution in [0, 0.1) is 6.92 Å². The molecule has 0 saturated heterocycles. The minimum atomic E-state index is 0.0154. The molecule has 0 saturated carbocycles. The molecule has 0 aliphatic heterocycles. The average molecular weight is 422 g/mol. The Balaban J connectivity index is 1.49. The Morgan fingerprint density at radius 3 is 2.67 bits per heavy atom. The van der Waals surface area contributed by atoms with Crippen LogP contribution < -0.4 is 5.32 Å². The van der Waals surface area contributed by atoms with Gasteiger partial charge in [-0.25, -0.2) is 0 Å². The molecule has 0 radical (unpaired) electrons. The topological polar surface area (TPSA) is 93.8 Å². The van der Waals surface area contributed by atoms with E-state index in [0.717, 1.165) is 20.7 Å². The molecular formula is C17H19N5O2S3. The largest absolute Gasteiger partial charge is 0.355 e. The Bertz CT molecular complexity index is 879. The molecule has 2 aromatic heterocycles. The monoisotopic (exact) mass is 421 g/mol. The summed E-state index contributed by atoms with van der Waals surface area (Å²) in [6.45, 7) is 4.76. The van der Waals surface area contributed by atoms with Gasteiger partial charge in [0.15, 0.2) is 14.5 Å². The number of nitrogens with one attached hydrogen (secondary N) is 1. The fourth-order valence-electron chi connectivity index (χ4n) is 2.01. The lowest BCUT2D eigenvalue weighted by atomic mass is 10.1. The maximum atomic E-state index is 11.6. The molecule has 0 fully saturated rings. The summed E-state index contributed by atoms with van der Waals surface area (Å²) in [5, 5.41) is 15.1. The quantitative estimate of drug-likeness (QED) is 0.521. The van der Waals surface area contributed by atoms with Gasteiger partial charge in [0.05, 0.1) is 11.5 Å². The first-order valence-corrected chi connectivity index (χ1v) is 11.2. The summed E-state index contributed by atoms with van der Waals surface area (Å²) in [5.41, 5.74) is 2.09. The maximum absolute atomic E-state index is 11.6. The highest BCUT2D eigenvalue weighted by Crippen LogP contribution is 2.30. The first-order valence-electron chi connectivity index (χ1n) is 8.39. The Morgan fingerprint density at radius 1 is 1.19 bits per heavy atom.